The number of pyridine rings is 1. The molecule has 0 atom stereocenters. The lowest BCUT2D eigenvalue weighted by Crippen LogP contribution is -2.39. The summed E-state index contributed by atoms with van der Waals surface area (Å²) < 4.78 is 18.7. The highest BCUT2D eigenvalue weighted by Crippen LogP contribution is 2.26. The summed E-state index contributed by atoms with van der Waals surface area (Å²) in [6.45, 7) is 2.64. The Kier molecular flexibility index (Phi) is 2.98. The molecule has 1 fully saturated rings. The Morgan fingerprint density at radius 3 is 3.00 bits per heavy atom. The first-order valence-electron chi connectivity index (χ1n) is 4.42. The molecule has 1 aromatic rings. The van der Waals surface area contributed by atoms with Crippen molar-refractivity contribution in [2.45, 2.75) is 6.42 Å². The van der Waals surface area contributed by atoms with E-state index in [2.05, 4.69) is 25.8 Å². The average molecular weight is 261 g/mol. The van der Waals surface area contributed by atoms with Crippen molar-refractivity contribution in [3.8, 4) is 5.75 Å². The van der Waals surface area contributed by atoms with Gasteiger partial charge in [-0.2, -0.15) is 4.39 Å². The molecule has 1 aromatic heterocycles. The number of aromatic nitrogens is 1. The standard InChI is InChI=1S/C9H10BrFN2O/c10-8-7(2-3-12-9(8)11)14-6-13-4-1-5-13/h2-3H,1,4-6H2. The molecular formula is C9H10BrFN2O. The summed E-state index contributed by atoms with van der Waals surface area (Å²) in [5, 5.41) is 0. The lowest BCUT2D eigenvalue weighted by Gasteiger charge is -2.30. The van der Waals surface area contributed by atoms with Crippen molar-refractivity contribution in [1.82, 2.24) is 9.88 Å². The van der Waals surface area contributed by atoms with Gasteiger partial charge in [0, 0.05) is 19.3 Å². The van der Waals surface area contributed by atoms with Crippen molar-refractivity contribution in [2.24, 2.45) is 0 Å². The SMILES string of the molecule is Fc1nccc(OCN2CCC2)c1Br. The van der Waals surface area contributed by atoms with Gasteiger partial charge in [0.25, 0.3) is 0 Å². The molecule has 0 bridgehead atoms. The molecule has 76 valence electrons. The highest BCUT2D eigenvalue weighted by atomic mass is 79.9. The monoisotopic (exact) mass is 260 g/mol. The topological polar surface area (TPSA) is 25.4 Å². The van der Waals surface area contributed by atoms with Gasteiger partial charge in [0.05, 0.1) is 0 Å². The fourth-order valence-corrected chi connectivity index (χ4v) is 1.53. The maximum Gasteiger partial charge on any atom is 0.230 e. The summed E-state index contributed by atoms with van der Waals surface area (Å²) in [5.41, 5.74) is 0. The van der Waals surface area contributed by atoms with Crippen LogP contribution in [0.5, 0.6) is 5.75 Å². The number of likely N-dealkylation sites (tertiary alicyclic amines) is 1. The van der Waals surface area contributed by atoms with Crippen molar-refractivity contribution < 1.29 is 9.13 Å². The molecule has 0 aromatic carbocycles. The minimum Gasteiger partial charge on any atom is -0.477 e. The Morgan fingerprint density at radius 2 is 2.36 bits per heavy atom. The van der Waals surface area contributed by atoms with Gasteiger partial charge in [0.15, 0.2) is 0 Å². The van der Waals surface area contributed by atoms with Gasteiger partial charge in [0.2, 0.25) is 5.95 Å². The van der Waals surface area contributed by atoms with Crippen LogP contribution in [0, 0.1) is 5.95 Å². The van der Waals surface area contributed by atoms with E-state index in [1.54, 1.807) is 6.07 Å². The molecule has 0 amide bonds. The Labute approximate surface area is 90.0 Å². The zero-order chi connectivity index (χ0) is 9.97. The molecule has 0 unspecified atom stereocenters. The van der Waals surface area contributed by atoms with Gasteiger partial charge in [-0.3, -0.25) is 4.90 Å². The average Bonchev–Trinajstić information content (AvgIpc) is 2.09. The van der Waals surface area contributed by atoms with Crippen LogP contribution in [0.1, 0.15) is 6.42 Å². The third-order valence-electron chi connectivity index (χ3n) is 2.16. The first-order valence-corrected chi connectivity index (χ1v) is 5.22. The van der Waals surface area contributed by atoms with Gasteiger partial charge in [-0.1, -0.05) is 0 Å². The second kappa shape index (κ2) is 4.23. The highest BCUT2D eigenvalue weighted by molar-refractivity contribution is 9.10. The molecule has 0 aliphatic carbocycles. The van der Waals surface area contributed by atoms with E-state index in [-0.39, 0.29) is 0 Å². The first kappa shape index (κ1) is 9.86. The van der Waals surface area contributed by atoms with E-state index in [9.17, 15) is 4.39 Å². The summed E-state index contributed by atoms with van der Waals surface area (Å²) in [6, 6.07) is 1.65. The Hall–Kier alpha value is -0.680. The van der Waals surface area contributed by atoms with Crippen molar-refractivity contribution in [3.63, 3.8) is 0 Å². The molecule has 2 rings (SSSR count). The van der Waals surface area contributed by atoms with E-state index in [4.69, 9.17) is 4.74 Å². The smallest absolute Gasteiger partial charge is 0.230 e. The Bertz CT molecular complexity index is 331. The van der Waals surface area contributed by atoms with E-state index in [1.807, 2.05) is 0 Å². The maximum absolute atomic E-state index is 12.9. The number of rotatable bonds is 3. The van der Waals surface area contributed by atoms with Gasteiger partial charge in [-0.05, 0) is 28.4 Å². The predicted molar refractivity (Wildman–Crippen MR) is 53.6 cm³/mol. The molecule has 3 nitrogen and oxygen atoms in total. The molecule has 1 aliphatic heterocycles. The van der Waals surface area contributed by atoms with Gasteiger partial charge in [0.1, 0.15) is 17.0 Å². The summed E-state index contributed by atoms with van der Waals surface area (Å²) in [7, 11) is 0. The third kappa shape index (κ3) is 2.04. The van der Waals surface area contributed by atoms with Gasteiger partial charge >= 0.3 is 0 Å². The van der Waals surface area contributed by atoms with Crippen LogP contribution in [0.25, 0.3) is 0 Å². The summed E-state index contributed by atoms with van der Waals surface area (Å²) >= 11 is 3.09. The van der Waals surface area contributed by atoms with Crippen LogP contribution < -0.4 is 4.74 Å². The summed E-state index contributed by atoms with van der Waals surface area (Å²) in [5.74, 6) is -0.0319. The number of ether oxygens (including phenoxy) is 1. The fourth-order valence-electron chi connectivity index (χ4n) is 1.19. The van der Waals surface area contributed by atoms with E-state index < -0.39 is 5.95 Å². The third-order valence-corrected chi connectivity index (χ3v) is 2.88. The van der Waals surface area contributed by atoms with Crippen LogP contribution >= 0.6 is 15.9 Å². The predicted octanol–water partition coefficient (Wildman–Crippen LogP) is 2.03. The quantitative estimate of drug-likeness (QED) is 0.778. The van der Waals surface area contributed by atoms with Crippen LogP contribution in [0.15, 0.2) is 16.7 Å². The molecule has 0 saturated carbocycles. The summed E-state index contributed by atoms with van der Waals surface area (Å²) in [4.78, 5) is 5.64. The van der Waals surface area contributed by atoms with Crippen molar-refractivity contribution in [3.05, 3.63) is 22.7 Å². The molecule has 1 aliphatic rings. The van der Waals surface area contributed by atoms with Crippen molar-refractivity contribution in [1.29, 1.82) is 0 Å². The maximum atomic E-state index is 12.9. The zero-order valence-corrected chi connectivity index (χ0v) is 9.13. The second-order valence-corrected chi connectivity index (χ2v) is 3.95. The minimum atomic E-state index is -0.536. The van der Waals surface area contributed by atoms with Crippen LogP contribution in [-0.4, -0.2) is 29.7 Å². The van der Waals surface area contributed by atoms with Gasteiger partial charge in [-0.15, -0.1) is 0 Å². The first-order chi connectivity index (χ1) is 6.77. The Morgan fingerprint density at radius 1 is 1.57 bits per heavy atom. The van der Waals surface area contributed by atoms with E-state index in [1.165, 1.54) is 12.6 Å². The zero-order valence-electron chi connectivity index (χ0n) is 7.54. The van der Waals surface area contributed by atoms with E-state index >= 15 is 0 Å². The molecule has 0 radical (unpaired) electrons. The normalized spacial score (nSPS) is 16.4. The molecule has 5 heteroatoms. The molecular weight excluding hydrogens is 251 g/mol. The van der Waals surface area contributed by atoms with Crippen molar-refractivity contribution in [2.75, 3.05) is 19.8 Å². The van der Waals surface area contributed by atoms with Crippen LogP contribution in [-0.2, 0) is 0 Å². The van der Waals surface area contributed by atoms with Gasteiger partial charge < -0.3 is 4.74 Å². The summed E-state index contributed by atoms with van der Waals surface area (Å²) in [6.07, 6.45) is 2.61. The molecule has 1 saturated heterocycles. The number of nitrogens with zero attached hydrogens (tertiary/aromatic N) is 2. The fraction of sp³-hybridized carbons (Fsp3) is 0.444. The van der Waals surface area contributed by atoms with Crippen LogP contribution in [0.2, 0.25) is 0 Å². The molecule has 2 heterocycles. The lowest BCUT2D eigenvalue weighted by atomic mass is 10.2. The van der Waals surface area contributed by atoms with Crippen LogP contribution in [0.3, 0.4) is 0 Å². The molecule has 14 heavy (non-hydrogen) atoms. The molecule has 0 spiro atoms. The molecule has 0 N–H and O–H groups in total. The number of hydrogen-bond donors (Lipinski definition) is 0. The highest BCUT2D eigenvalue weighted by Gasteiger charge is 2.15. The van der Waals surface area contributed by atoms with Crippen LogP contribution in [0.4, 0.5) is 4.39 Å². The van der Waals surface area contributed by atoms with Gasteiger partial charge in [-0.25, -0.2) is 4.98 Å². The number of halogens is 2. The van der Waals surface area contributed by atoms with Crippen molar-refractivity contribution >= 4 is 15.9 Å². The van der Waals surface area contributed by atoms with E-state index in [0.717, 1.165) is 13.1 Å². The number of hydrogen-bond acceptors (Lipinski definition) is 3. The largest absolute Gasteiger partial charge is 0.477 e. The minimum absolute atomic E-state index is 0.292. The Balaban J connectivity index is 1.97. The lowest BCUT2D eigenvalue weighted by molar-refractivity contribution is 0.0722. The van der Waals surface area contributed by atoms with E-state index in [0.29, 0.717) is 17.0 Å². The second-order valence-electron chi connectivity index (χ2n) is 3.16.